The number of nitrogens with one attached hydrogen (secondary N) is 2. The number of anilines is 2. The Morgan fingerprint density at radius 3 is 2.55 bits per heavy atom. The van der Waals surface area contributed by atoms with Crippen LogP contribution in [0.4, 0.5) is 17.1 Å². The van der Waals surface area contributed by atoms with Crippen molar-refractivity contribution in [3.63, 3.8) is 0 Å². The number of nitro benzene ring substituents is 1. The molecule has 0 bridgehead atoms. The first-order valence-electron chi connectivity index (χ1n) is 8.93. The molecule has 0 unspecified atom stereocenters. The van der Waals surface area contributed by atoms with Gasteiger partial charge in [-0.15, -0.1) is 0 Å². The molecule has 1 heterocycles. The fourth-order valence-electron chi connectivity index (χ4n) is 2.99. The molecule has 1 saturated heterocycles. The molecule has 0 atom stereocenters. The van der Waals surface area contributed by atoms with Gasteiger partial charge in [0.15, 0.2) is 5.11 Å². The normalized spacial score (nSPS) is 14.3. The van der Waals surface area contributed by atoms with E-state index in [4.69, 9.17) is 23.8 Å². The molecule has 0 saturated carbocycles. The Balaban J connectivity index is 1.62. The summed E-state index contributed by atoms with van der Waals surface area (Å²) in [5, 5.41) is 16.9. The molecule has 2 N–H and O–H groups in total. The minimum atomic E-state index is -0.558. The van der Waals surface area contributed by atoms with E-state index in [0.29, 0.717) is 10.7 Å². The van der Waals surface area contributed by atoms with Gasteiger partial charge in [0, 0.05) is 49.6 Å². The van der Waals surface area contributed by atoms with Crippen LogP contribution in [-0.4, -0.2) is 54.1 Å². The number of non-ortho nitro benzene ring substituents is 1. The van der Waals surface area contributed by atoms with Gasteiger partial charge in [0.1, 0.15) is 0 Å². The van der Waals surface area contributed by atoms with E-state index in [9.17, 15) is 14.9 Å². The summed E-state index contributed by atoms with van der Waals surface area (Å²) < 4.78 is 0. The van der Waals surface area contributed by atoms with E-state index < -0.39 is 10.8 Å². The zero-order valence-electron chi connectivity index (χ0n) is 15.7. The predicted octanol–water partition coefficient (Wildman–Crippen LogP) is 3.13. The number of nitro groups is 1. The lowest BCUT2D eigenvalue weighted by atomic mass is 10.2. The molecule has 8 nitrogen and oxygen atoms in total. The second-order valence-corrected chi connectivity index (χ2v) is 7.49. The average molecular weight is 434 g/mol. The van der Waals surface area contributed by atoms with Gasteiger partial charge in [-0.2, -0.15) is 0 Å². The summed E-state index contributed by atoms with van der Waals surface area (Å²) in [6, 6.07) is 10.9. The topological polar surface area (TPSA) is 90.8 Å². The Bertz CT molecular complexity index is 947. The van der Waals surface area contributed by atoms with Gasteiger partial charge < -0.3 is 15.1 Å². The summed E-state index contributed by atoms with van der Waals surface area (Å²) in [6.45, 7) is 3.76. The van der Waals surface area contributed by atoms with Gasteiger partial charge in [0.25, 0.3) is 11.6 Å². The van der Waals surface area contributed by atoms with Crippen LogP contribution >= 0.6 is 23.8 Å². The van der Waals surface area contributed by atoms with E-state index in [1.54, 1.807) is 6.07 Å². The molecule has 0 spiro atoms. The number of amides is 1. The summed E-state index contributed by atoms with van der Waals surface area (Å²) in [4.78, 5) is 27.1. The van der Waals surface area contributed by atoms with Gasteiger partial charge in [-0.1, -0.05) is 17.7 Å². The first-order chi connectivity index (χ1) is 13.8. The maximum absolute atomic E-state index is 12.3. The SMILES string of the molecule is CN1CCN(c2ccc(NC(=S)NC(=O)c3cccc([N+](=O)[O-])c3)cc2Cl)CC1. The summed E-state index contributed by atoms with van der Waals surface area (Å²) in [6.07, 6.45) is 0. The van der Waals surface area contributed by atoms with E-state index in [1.807, 2.05) is 12.1 Å². The molecule has 1 aliphatic heterocycles. The number of rotatable bonds is 4. The number of hydrogen-bond acceptors (Lipinski definition) is 6. The third-order valence-electron chi connectivity index (χ3n) is 4.60. The largest absolute Gasteiger partial charge is 0.368 e. The molecule has 0 radical (unpaired) electrons. The summed E-state index contributed by atoms with van der Waals surface area (Å²) in [7, 11) is 2.09. The minimum Gasteiger partial charge on any atom is -0.368 e. The molecule has 3 rings (SSSR count). The Hall–Kier alpha value is -2.75. The Kier molecular flexibility index (Phi) is 6.63. The number of halogens is 1. The van der Waals surface area contributed by atoms with Gasteiger partial charge in [-0.05, 0) is 43.5 Å². The second-order valence-electron chi connectivity index (χ2n) is 6.67. The quantitative estimate of drug-likeness (QED) is 0.435. The average Bonchev–Trinajstić information content (AvgIpc) is 2.69. The highest BCUT2D eigenvalue weighted by Gasteiger charge is 2.17. The van der Waals surface area contributed by atoms with Gasteiger partial charge in [-0.3, -0.25) is 20.2 Å². The molecule has 10 heteroatoms. The van der Waals surface area contributed by atoms with E-state index in [2.05, 4.69) is 27.5 Å². The van der Waals surface area contributed by atoms with E-state index in [0.717, 1.165) is 31.9 Å². The van der Waals surface area contributed by atoms with Crippen molar-refractivity contribution < 1.29 is 9.72 Å². The van der Waals surface area contributed by atoms with E-state index in [-0.39, 0.29) is 16.4 Å². The number of piperazine rings is 1. The van der Waals surface area contributed by atoms with Crippen molar-refractivity contribution in [3.8, 4) is 0 Å². The fourth-order valence-corrected chi connectivity index (χ4v) is 3.50. The minimum absolute atomic E-state index is 0.0740. The Morgan fingerprint density at radius 1 is 1.17 bits per heavy atom. The van der Waals surface area contributed by atoms with Crippen LogP contribution < -0.4 is 15.5 Å². The van der Waals surface area contributed by atoms with Gasteiger partial charge in [0.2, 0.25) is 0 Å². The third kappa shape index (κ3) is 5.41. The van der Waals surface area contributed by atoms with Crippen LogP contribution in [-0.2, 0) is 0 Å². The van der Waals surface area contributed by atoms with Gasteiger partial charge in [0.05, 0.1) is 15.6 Å². The van der Waals surface area contributed by atoms with Crippen LogP contribution in [0.25, 0.3) is 0 Å². The smallest absolute Gasteiger partial charge is 0.270 e. The number of hydrogen-bond donors (Lipinski definition) is 2. The standard InChI is InChI=1S/C19H20ClN5O3S/c1-23-7-9-24(10-8-23)17-6-5-14(12-16(17)20)21-19(29)22-18(26)13-3-2-4-15(11-13)25(27)28/h2-6,11-12H,7-10H2,1H3,(H2,21,22,26,29). The number of nitrogens with zero attached hydrogens (tertiary/aromatic N) is 3. The van der Waals surface area contributed by atoms with Crippen molar-refractivity contribution in [1.82, 2.24) is 10.2 Å². The molecule has 2 aromatic carbocycles. The molecule has 2 aromatic rings. The molecule has 29 heavy (non-hydrogen) atoms. The molecule has 152 valence electrons. The van der Waals surface area contributed by atoms with Gasteiger partial charge >= 0.3 is 0 Å². The summed E-state index contributed by atoms with van der Waals surface area (Å²) in [5.74, 6) is -0.536. The second kappa shape index (κ2) is 9.17. The third-order valence-corrected chi connectivity index (χ3v) is 5.10. The van der Waals surface area contributed by atoms with Crippen LogP contribution in [0.3, 0.4) is 0 Å². The molecule has 1 aliphatic rings. The van der Waals surface area contributed by atoms with Crippen LogP contribution in [0.2, 0.25) is 5.02 Å². The lowest BCUT2D eigenvalue weighted by molar-refractivity contribution is -0.384. The van der Waals surface area contributed by atoms with Crippen molar-refractivity contribution >= 4 is 51.9 Å². The number of carbonyl (C=O) groups is 1. The van der Waals surface area contributed by atoms with Crippen LogP contribution in [0, 0.1) is 10.1 Å². The molecule has 1 amide bonds. The lowest BCUT2D eigenvalue weighted by Gasteiger charge is -2.34. The maximum Gasteiger partial charge on any atom is 0.270 e. The zero-order valence-corrected chi connectivity index (χ0v) is 17.3. The monoisotopic (exact) mass is 433 g/mol. The molecular formula is C19H20ClN5O3S. The Labute approximate surface area is 178 Å². The summed E-state index contributed by atoms with van der Waals surface area (Å²) >= 11 is 11.6. The number of carbonyl (C=O) groups excluding carboxylic acids is 1. The molecule has 0 aromatic heterocycles. The lowest BCUT2D eigenvalue weighted by Crippen LogP contribution is -2.44. The summed E-state index contributed by atoms with van der Waals surface area (Å²) in [5.41, 5.74) is 1.57. The van der Waals surface area contributed by atoms with Crippen molar-refractivity contribution in [1.29, 1.82) is 0 Å². The van der Waals surface area contributed by atoms with Crippen molar-refractivity contribution in [2.45, 2.75) is 0 Å². The highest BCUT2D eigenvalue weighted by molar-refractivity contribution is 7.80. The van der Waals surface area contributed by atoms with Gasteiger partial charge in [-0.25, -0.2) is 0 Å². The van der Waals surface area contributed by atoms with Crippen LogP contribution in [0.15, 0.2) is 42.5 Å². The highest BCUT2D eigenvalue weighted by atomic mass is 35.5. The van der Waals surface area contributed by atoms with Crippen molar-refractivity contribution in [3.05, 3.63) is 63.2 Å². The van der Waals surface area contributed by atoms with Crippen molar-refractivity contribution in [2.24, 2.45) is 0 Å². The molecule has 0 aliphatic carbocycles. The first-order valence-corrected chi connectivity index (χ1v) is 9.72. The fraction of sp³-hybridized carbons (Fsp3) is 0.263. The first kappa shape index (κ1) is 21.0. The van der Waals surface area contributed by atoms with Crippen molar-refractivity contribution in [2.75, 3.05) is 43.4 Å². The van der Waals surface area contributed by atoms with E-state index in [1.165, 1.54) is 24.3 Å². The number of benzene rings is 2. The van der Waals surface area contributed by atoms with E-state index >= 15 is 0 Å². The molecule has 1 fully saturated rings. The Morgan fingerprint density at radius 2 is 1.90 bits per heavy atom. The van der Waals surface area contributed by atoms with Crippen LogP contribution in [0.1, 0.15) is 10.4 Å². The highest BCUT2D eigenvalue weighted by Crippen LogP contribution is 2.29. The predicted molar refractivity (Wildman–Crippen MR) is 118 cm³/mol. The number of thiocarbonyl (C=S) groups is 1. The molecular weight excluding hydrogens is 414 g/mol. The maximum atomic E-state index is 12.3. The number of likely N-dealkylation sites (N-methyl/N-ethyl adjacent to an activating group) is 1. The zero-order chi connectivity index (χ0) is 21.0. The van der Waals surface area contributed by atoms with Crippen LogP contribution in [0.5, 0.6) is 0 Å².